The molecule has 0 spiro atoms. The predicted molar refractivity (Wildman–Crippen MR) is 66.9 cm³/mol. The maximum absolute atomic E-state index is 5.93. The lowest BCUT2D eigenvalue weighted by atomic mass is 10.1. The van der Waals surface area contributed by atoms with Crippen LogP contribution >= 0.6 is 0 Å². The number of ether oxygens (including phenoxy) is 1. The van der Waals surface area contributed by atoms with Gasteiger partial charge in [0.2, 0.25) is 0 Å². The van der Waals surface area contributed by atoms with E-state index >= 15 is 0 Å². The van der Waals surface area contributed by atoms with Crippen molar-refractivity contribution in [3.05, 3.63) is 29.8 Å². The molecule has 2 nitrogen and oxygen atoms in total. The summed E-state index contributed by atoms with van der Waals surface area (Å²) < 4.78 is 5.93. The number of aryl methyl sites for hydroxylation is 1. The molecular formula is C14H21NO. The van der Waals surface area contributed by atoms with Gasteiger partial charge in [0.05, 0.1) is 6.61 Å². The molecular weight excluding hydrogens is 198 g/mol. The molecule has 16 heavy (non-hydrogen) atoms. The Morgan fingerprint density at radius 2 is 2.25 bits per heavy atom. The minimum absolute atomic E-state index is 0.690. The zero-order valence-corrected chi connectivity index (χ0v) is 10.0. The fourth-order valence-electron chi connectivity index (χ4n) is 2.18. The lowest BCUT2D eigenvalue weighted by Gasteiger charge is -2.13. The van der Waals surface area contributed by atoms with Crippen molar-refractivity contribution in [3.8, 4) is 5.75 Å². The number of benzene rings is 1. The summed E-state index contributed by atoms with van der Waals surface area (Å²) in [5.41, 5.74) is 1.34. The first kappa shape index (κ1) is 11.5. The molecule has 1 unspecified atom stereocenters. The fraction of sp³-hybridized carbons (Fsp3) is 0.571. The summed E-state index contributed by atoms with van der Waals surface area (Å²) in [7, 11) is 0. The van der Waals surface area contributed by atoms with Gasteiger partial charge < -0.3 is 10.1 Å². The van der Waals surface area contributed by atoms with Gasteiger partial charge in [-0.15, -0.1) is 0 Å². The quantitative estimate of drug-likeness (QED) is 0.822. The summed E-state index contributed by atoms with van der Waals surface area (Å²) in [6.07, 6.45) is 3.53. The average molecular weight is 219 g/mol. The third-order valence-electron chi connectivity index (χ3n) is 3.13. The van der Waals surface area contributed by atoms with Crippen LogP contribution < -0.4 is 10.1 Å². The molecule has 1 aliphatic rings. The van der Waals surface area contributed by atoms with Crippen LogP contribution in [0.25, 0.3) is 0 Å². The van der Waals surface area contributed by atoms with Crippen molar-refractivity contribution in [3.63, 3.8) is 0 Å². The first-order chi connectivity index (χ1) is 7.90. The SMILES string of the molecule is CCCc1ccccc1OCC1CCNC1. The Bertz CT molecular complexity index is 318. The van der Waals surface area contributed by atoms with Gasteiger partial charge in [-0.3, -0.25) is 0 Å². The summed E-state index contributed by atoms with van der Waals surface area (Å²) >= 11 is 0. The van der Waals surface area contributed by atoms with Crippen LogP contribution in [-0.2, 0) is 6.42 Å². The van der Waals surface area contributed by atoms with Crippen molar-refractivity contribution in [1.82, 2.24) is 5.32 Å². The van der Waals surface area contributed by atoms with E-state index in [2.05, 4.69) is 36.5 Å². The van der Waals surface area contributed by atoms with E-state index in [0.29, 0.717) is 5.92 Å². The summed E-state index contributed by atoms with van der Waals surface area (Å²) in [6, 6.07) is 8.41. The van der Waals surface area contributed by atoms with E-state index in [4.69, 9.17) is 4.74 Å². The van der Waals surface area contributed by atoms with Gasteiger partial charge in [0.15, 0.2) is 0 Å². The summed E-state index contributed by atoms with van der Waals surface area (Å²) in [5, 5.41) is 3.37. The van der Waals surface area contributed by atoms with Crippen molar-refractivity contribution >= 4 is 0 Å². The first-order valence-corrected chi connectivity index (χ1v) is 6.31. The summed E-state index contributed by atoms with van der Waals surface area (Å²) in [5.74, 6) is 1.77. The molecule has 2 rings (SSSR count). The van der Waals surface area contributed by atoms with Crippen molar-refractivity contribution in [2.24, 2.45) is 5.92 Å². The summed E-state index contributed by atoms with van der Waals surface area (Å²) in [4.78, 5) is 0. The molecule has 1 aliphatic heterocycles. The van der Waals surface area contributed by atoms with Crippen molar-refractivity contribution in [2.45, 2.75) is 26.2 Å². The van der Waals surface area contributed by atoms with Crippen LogP contribution in [-0.4, -0.2) is 19.7 Å². The second-order valence-electron chi connectivity index (χ2n) is 4.53. The number of nitrogens with one attached hydrogen (secondary N) is 1. The Labute approximate surface area is 98.0 Å². The Kier molecular flexibility index (Phi) is 4.23. The monoisotopic (exact) mass is 219 g/mol. The molecule has 2 heteroatoms. The van der Waals surface area contributed by atoms with E-state index in [1.165, 1.54) is 18.4 Å². The number of para-hydroxylation sites is 1. The molecule has 1 heterocycles. The third-order valence-corrected chi connectivity index (χ3v) is 3.13. The average Bonchev–Trinajstić information content (AvgIpc) is 2.81. The van der Waals surface area contributed by atoms with E-state index in [9.17, 15) is 0 Å². The van der Waals surface area contributed by atoms with Crippen molar-refractivity contribution in [2.75, 3.05) is 19.7 Å². The van der Waals surface area contributed by atoms with Crippen LogP contribution in [0.1, 0.15) is 25.3 Å². The minimum Gasteiger partial charge on any atom is -0.493 e. The van der Waals surface area contributed by atoms with Gasteiger partial charge in [0.25, 0.3) is 0 Å². The zero-order valence-electron chi connectivity index (χ0n) is 10.0. The minimum atomic E-state index is 0.690. The van der Waals surface area contributed by atoms with Crippen LogP contribution in [0.2, 0.25) is 0 Å². The molecule has 0 bridgehead atoms. The third kappa shape index (κ3) is 2.99. The highest BCUT2D eigenvalue weighted by Crippen LogP contribution is 2.21. The van der Waals surface area contributed by atoms with E-state index in [1.54, 1.807) is 0 Å². The predicted octanol–water partition coefficient (Wildman–Crippen LogP) is 2.63. The van der Waals surface area contributed by atoms with E-state index in [-0.39, 0.29) is 0 Å². The molecule has 0 saturated carbocycles. The van der Waals surface area contributed by atoms with Crippen LogP contribution in [0.3, 0.4) is 0 Å². The van der Waals surface area contributed by atoms with Gasteiger partial charge in [0.1, 0.15) is 5.75 Å². The van der Waals surface area contributed by atoms with Crippen molar-refractivity contribution in [1.29, 1.82) is 0 Å². The largest absolute Gasteiger partial charge is 0.493 e. The molecule has 0 radical (unpaired) electrons. The Hall–Kier alpha value is -1.02. The van der Waals surface area contributed by atoms with E-state index < -0.39 is 0 Å². The maximum atomic E-state index is 5.93. The molecule has 1 fully saturated rings. The normalized spacial score (nSPS) is 19.9. The van der Waals surface area contributed by atoms with Gasteiger partial charge in [-0.1, -0.05) is 31.5 Å². The molecule has 1 aromatic rings. The van der Waals surface area contributed by atoms with Crippen LogP contribution in [0.5, 0.6) is 5.75 Å². The van der Waals surface area contributed by atoms with Gasteiger partial charge in [-0.25, -0.2) is 0 Å². The highest BCUT2D eigenvalue weighted by molar-refractivity contribution is 5.33. The molecule has 0 aliphatic carbocycles. The zero-order chi connectivity index (χ0) is 11.2. The molecule has 0 aromatic heterocycles. The molecule has 1 saturated heterocycles. The summed E-state index contributed by atoms with van der Waals surface area (Å²) in [6.45, 7) is 5.31. The topological polar surface area (TPSA) is 21.3 Å². The number of hydrogen-bond acceptors (Lipinski definition) is 2. The Morgan fingerprint density at radius 1 is 1.38 bits per heavy atom. The van der Waals surface area contributed by atoms with Gasteiger partial charge >= 0.3 is 0 Å². The molecule has 88 valence electrons. The fourth-order valence-corrected chi connectivity index (χ4v) is 2.18. The highest BCUT2D eigenvalue weighted by Gasteiger charge is 2.15. The Morgan fingerprint density at radius 3 is 3.00 bits per heavy atom. The van der Waals surface area contributed by atoms with Gasteiger partial charge in [-0.2, -0.15) is 0 Å². The first-order valence-electron chi connectivity index (χ1n) is 6.31. The Balaban J connectivity index is 1.91. The van der Waals surface area contributed by atoms with Crippen LogP contribution in [0.4, 0.5) is 0 Å². The lowest BCUT2D eigenvalue weighted by molar-refractivity contribution is 0.257. The molecule has 1 aromatic carbocycles. The maximum Gasteiger partial charge on any atom is 0.122 e. The smallest absolute Gasteiger partial charge is 0.122 e. The van der Waals surface area contributed by atoms with Crippen LogP contribution in [0.15, 0.2) is 24.3 Å². The van der Waals surface area contributed by atoms with Crippen LogP contribution in [0, 0.1) is 5.92 Å². The number of hydrogen-bond donors (Lipinski definition) is 1. The number of rotatable bonds is 5. The van der Waals surface area contributed by atoms with E-state index in [1.807, 2.05) is 0 Å². The molecule has 0 amide bonds. The van der Waals surface area contributed by atoms with Crippen molar-refractivity contribution < 1.29 is 4.74 Å². The van der Waals surface area contributed by atoms with Gasteiger partial charge in [0, 0.05) is 12.5 Å². The highest BCUT2D eigenvalue weighted by atomic mass is 16.5. The van der Waals surface area contributed by atoms with E-state index in [0.717, 1.165) is 31.9 Å². The molecule has 1 atom stereocenters. The lowest BCUT2D eigenvalue weighted by Crippen LogP contribution is -2.15. The standard InChI is InChI=1S/C14H21NO/c1-2-5-13-6-3-4-7-14(13)16-11-12-8-9-15-10-12/h3-4,6-7,12,15H,2,5,8-11H2,1H3. The molecule has 1 N–H and O–H groups in total. The second-order valence-corrected chi connectivity index (χ2v) is 4.53. The van der Waals surface area contributed by atoms with Gasteiger partial charge in [-0.05, 0) is 31.0 Å². The second kappa shape index (κ2) is 5.90.